The number of hydrogen-bond donors (Lipinski definition) is 1. The number of ether oxygens (including phenoxy) is 3. The molecule has 0 atom stereocenters. The Hall–Kier alpha value is -1.79. The Bertz CT molecular complexity index is 592. The van der Waals surface area contributed by atoms with E-state index in [9.17, 15) is 4.79 Å². The van der Waals surface area contributed by atoms with Crippen LogP contribution in [0.25, 0.3) is 0 Å². The SMILES string of the molecule is COCC1(C(=O)N(C)Cc2cc(OC)c(OC)cc2C)CCNCC1. The van der Waals surface area contributed by atoms with Gasteiger partial charge in [-0.3, -0.25) is 4.79 Å². The van der Waals surface area contributed by atoms with Crippen molar-refractivity contribution in [1.29, 1.82) is 0 Å². The van der Waals surface area contributed by atoms with E-state index in [2.05, 4.69) is 5.32 Å². The van der Waals surface area contributed by atoms with Crippen molar-refractivity contribution in [3.63, 3.8) is 0 Å². The minimum absolute atomic E-state index is 0.144. The van der Waals surface area contributed by atoms with Gasteiger partial charge in [-0.2, -0.15) is 0 Å². The summed E-state index contributed by atoms with van der Waals surface area (Å²) >= 11 is 0. The second-order valence-electron chi connectivity index (χ2n) is 6.76. The Morgan fingerprint density at radius 2 is 1.76 bits per heavy atom. The Kier molecular flexibility index (Phi) is 6.67. The third-order valence-corrected chi connectivity index (χ3v) is 5.03. The third-order valence-electron chi connectivity index (χ3n) is 5.03. The van der Waals surface area contributed by atoms with Gasteiger partial charge in [0.1, 0.15) is 0 Å². The average Bonchev–Trinajstić information content (AvgIpc) is 2.63. The molecule has 1 amide bonds. The standard InChI is InChI=1S/C19H30N2O4/c1-14-10-16(24-4)17(25-5)11-15(14)12-21(2)18(22)19(13-23-3)6-8-20-9-7-19/h10-11,20H,6-9,12-13H2,1-5H3. The monoisotopic (exact) mass is 350 g/mol. The van der Waals surface area contributed by atoms with Gasteiger partial charge < -0.3 is 24.4 Å². The van der Waals surface area contributed by atoms with Crippen molar-refractivity contribution in [2.75, 3.05) is 48.1 Å². The molecule has 0 aliphatic carbocycles. The van der Waals surface area contributed by atoms with Gasteiger partial charge in [-0.1, -0.05) is 0 Å². The van der Waals surface area contributed by atoms with Gasteiger partial charge in [0.25, 0.3) is 0 Å². The zero-order valence-electron chi connectivity index (χ0n) is 16.0. The van der Waals surface area contributed by atoms with Crippen LogP contribution in [0.4, 0.5) is 0 Å². The summed E-state index contributed by atoms with van der Waals surface area (Å²) in [6.07, 6.45) is 1.60. The van der Waals surface area contributed by atoms with Gasteiger partial charge in [0.2, 0.25) is 5.91 Å². The van der Waals surface area contributed by atoms with Crippen LogP contribution in [0.1, 0.15) is 24.0 Å². The van der Waals surface area contributed by atoms with Crippen molar-refractivity contribution in [3.8, 4) is 11.5 Å². The van der Waals surface area contributed by atoms with Gasteiger partial charge in [-0.15, -0.1) is 0 Å². The van der Waals surface area contributed by atoms with Crippen LogP contribution in [0, 0.1) is 12.3 Å². The lowest BCUT2D eigenvalue weighted by Gasteiger charge is -2.38. The molecular weight excluding hydrogens is 320 g/mol. The van der Waals surface area contributed by atoms with Crippen LogP contribution in [-0.2, 0) is 16.1 Å². The number of nitrogens with zero attached hydrogens (tertiary/aromatic N) is 1. The highest BCUT2D eigenvalue weighted by Crippen LogP contribution is 2.34. The Balaban J connectivity index is 2.20. The Morgan fingerprint density at radius 3 is 2.32 bits per heavy atom. The van der Waals surface area contributed by atoms with E-state index in [0.29, 0.717) is 24.7 Å². The number of hydrogen-bond acceptors (Lipinski definition) is 5. The molecular formula is C19H30N2O4. The summed E-state index contributed by atoms with van der Waals surface area (Å²) in [4.78, 5) is 15.0. The second kappa shape index (κ2) is 8.54. The van der Waals surface area contributed by atoms with Gasteiger partial charge in [0.05, 0.1) is 26.2 Å². The molecule has 1 aromatic carbocycles. The van der Waals surface area contributed by atoms with Crippen molar-refractivity contribution >= 4 is 5.91 Å². The first-order valence-corrected chi connectivity index (χ1v) is 8.64. The first-order chi connectivity index (χ1) is 12.0. The maximum absolute atomic E-state index is 13.2. The number of amides is 1. The van der Waals surface area contributed by atoms with Gasteiger partial charge in [0.15, 0.2) is 11.5 Å². The first kappa shape index (κ1) is 19.5. The fourth-order valence-corrected chi connectivity index (χ4v) is 3.53. The molecule has 25 heavy (non-hydrogen) atoms. The molecule has 2 rings (SSSR count). The predicted molar refractivity (Wildman–Crippen MR) is 97.2 cm³/mol. The summed E-state index contributed by atoms with van der Waals surface area (Å²) in [6.45, 7) is 4.70. The molecule has 0 unspecified atom stereocenters. The summed E-state index contributed by atoms with van der Waals surface area (Å²) in [5.74, 6) is 1.52. The predicted octanol–water partition coefficient (Wildman–Crippen LogP) is 1.99. The van der Waals surface area contributed by atoms with Crippen LogP contribution in [-0.4, -0.2) is 58.9 Å². The fraction of sp³-hybridized carbons (Fsp3) is 0.632. The largest absolute Gasteiger partial charge is 0.493 e. The van der Waals surface area contributed by atoms with Gasteiger partial charge in [-0.05, 0) is 56.1 Å². The summed E-state index contributed by atoms with van der Waals surface area (Å²) < 4.78 is 16.1. The molecule has 0 saturated carbocycles. The summed E-state index contributed by atoms with van der Waals surface area (Å²) in [5.41, 5.74) is 1.69. The van der Waals surface area contributed by atoms with Crippen LogP contribution >= 0.6 is 0 Å². The van der Waals surface area contributed by atoms with Crippen molar-refractivity contribution in [2.45, 2.75) is 26.3 Å². The van der Waals surface area contributed by atoms with Crippen molar-refractivity contribution in [1.82, 2.24) is 10.2 Å². The third kappa shape index (κ3) is 4.25. The number of benzene rings is 1. The summed E-state index contributed by atoms with van der Waals surface area (Å²) in [5, 5.41) is 3.32. The number of piperidine rings is 1. The zero-order chi connectivity index (χ0) is 18.4. The zero-order valence-corrected chi connectivity index (χ0v) is 16.0. The van der Waals surface area contributed by atoms with E-state index < -0.39 is 5.41 Å². The highest BCUT2D eigenvalue weighted by atomic mass is 16.5. The molecule has 0 spiro atoms. The Labute approximate surface area is 150 Å². The number of carbonyl (C=O) groups excluding carboxylic acids is 1. The lowest BCUT2D eigenvalue weighted by molar-refractivity contribution is -0.146. The van der Waals surface area contributed by atoms with Crippen molar-refractivity contribution in [2.24, 2.45) is 5.41 Å². The number of aryl methyl sites for hydroxylation is 1. The highest BCUT2D eigenvalue weighted by molar-refractivity contribution is 5.83. The maximum atomic E-state index is 13.2. The summed E-state index contributed by atoms with van der Waals surface area (Å²) in [6, 6.07) is 3.89. The molecule has 0 bridgehead atoms. The van der Waals surface area contributed by atoms with E-state index in [0.717, 1.165) is 37.1 Å². The van der Waals surface area contributed by atoms with Crippen LogP contribution < -0.4 is 14.8 Å². The molecule has 6 heteroatoms. The number of rotatable bonds is 7. The quantitative estimate of drug-likeness (QED) is 0.815. The molecule has 1 aliphatic rings. The lowest BCUT2D eigenvalue weighted by Crippen LogP contribution is -2.50. The highest BCUT2D eigenvalue weighted by Gasteiger charge is 2.41. The molecule has 1 saturated heterocycles. The molecule has 140 valence electrons. The number of methoxy groups -OCH3 is 3. The molecule has 1 heterocycles. The van der Waals surface area contributed by atoms with E-state index in [1.807, 2.05) is 26.1 Å². The van der Waals surface area contributed by atoms with E-state index in [1.54, 1.807) is 26.2 Å². The molecule has 0 aromatic heterocycles. The fourth-order valence-electron chi connectivity index (χ4n) is 3.53. The molecule has 1 aliphatic heterocycles. The van der Waals surface area contributed by atoms with Crippen LogP contribution in [0.3, 0.4) is 0 Å². The van der Waals surface area contributed by atoms with Crippen molar-refractivity contribution in [3.05, 3.63) is 23.3 Å². The molecule has 1 N–H and O–H groups in total. The van der Waals surface area contributed by atoms with E-state index >= 15 is 0 Å². The normalized spacial score (nSPS) is 16.4. The maximum Gasteiger partial charge on any atom is 0.231 e. The second-order valence-corrected chi connectivity index (χ2v) is 6.76. The van der Waals surface area contributed by atoms with Gasteiger partial charge >= 0.3 is 0 Å². The number of carbonyl (C=O) groups is 1. The van der Waals surface area contributed by atoms with Gasteiger partial charge in [-0.25, -0.2) is 0 Å². The average molecular weight is 350 g/mol. The summed E-state index contributed by atoms with van der Waals surface area (Å²) in [7, 11) is 6.76. The van der Waals surface area contributed by atoms with E-state index in [1.165, 1.54) is 0 Å². The minimum Gasteiger partial charge on any atom is -0.493 e. The molecule has 1 fully saturated rings. The van der Waals surface area contributed by atoms with Crippen LogP contribution in [0.5, 0.6) is 11.5 Å². The first-order valence-electron chi connectivity index (χ1n) is 8.64. The van der Waals surface area contributed by atoms with Gasteiger partial charge in [0, 0.05) is 20.7 Å². The van der Waals surface area contributed by atoms with E-state index in [-0.39, 0.29) is 5.91 Å². The minimum atomic E-state index is -0.431. The lowest BCUT2D eigenvalue weighted by atomic mass is 9.78. The molecule has 6 nitrogen and oxygen atoms in total. The number of nitrogens with one attached hydrogen (secondary N) is 1. The topological polar surface area (TPSA) is 60.0 Å². The van der Waals surface area contributed by atoms with Crippen LogP contribution in [0.15, 0.2) is 12.1 Å². The Morgan fingerprint density at radius 1 is 1.16 bits per heavy atom. The van der Waals surface area contributed by atoms with Crippen molar-refractivity contribution < 1.29 is 19.0 Å². The smallest absolute Gasteiger partial charge is 0.231 e. The molecule has 1 aromatic rings. The molecule has 0 radical (unpaired) electrons. The van der Waals surface area contributed by atoms with Crippen LogP contribution in [0.2, 0.25) is 0 Å². The van der Waals surface area contributed by atoms with E-state index in [4.69, 9.17) is 14.2 Å².